The molecule has 1 aromatic carbocycles. The summed E-state index contributed by atoms with van der Waals surface area (Å²) >= 11 is 0. The maximum atomic E-state index is 13.8. The van der Waals surface area contributed by atoms with Crippen molar-refractivity contribution in [3.8, 4) is 5.88 Å². The van der Waals surface area contributed by atoms with Gasteiger partial charge in [0.25, 0.3) is 0 Å². The van der Waals surface area contributed by atoms with Gasteiger partial charge in [0.2, 0.25) is 11.5 Å². The average molecular weight is 565 g/mol. The average Bonchev–Trinajstić information content (AvgIpc) is 3.17. The molecular weight excluding hydrogens is 535 g/mol. The third-order valence-electron chi connectivity index (χ3n) is 6.28. The number of aryl methyl sites for hydroxylation is 1. The van der Waals surface area contributed by atoms with Gasteiger partial charge < -0.3 is 14.4 Å². The van der Waals surface area contributed by atoms with Crippen molar-refractivity contribution in [2.75, 3.05) is 31.2 Å². The van der Waals surface area contributed by atoms with Crippen molar-refractivity contribution in [2.45, 2.75) is 51.2 Å². The molecule has 1 fully saturated rings. The summed E-state index contributed by atoms with van der Waals surface area (Å²) in [5.41, 5.74) is -0.214. The Morgan fingerprint density at radius 3 is 2.34 bits per heavy atom. The molecule has 210 valence electrons. The third-order valence-corrected chi connectivity index (χ3v) is 7.41. The minimum Gasteiger partial charge on any atom is -0.473 e. The fourth-order valence-electron chi connectivity index (χ4n) is 4.12. The molecule has 0 atom stereocenters. The number of morpholine rings is 1. The molecule has 0 radical (unpaired) electrons. The Hall–Kier alpha value is -3.20. The van der Waals surface area contributed by atoms with E-state index in [1.54, 1.807) is 13.0 Å². The summed E-state index contributed by atoms with van der Waals surface area (Å²) in [7, 11) is -10.1. The van der Waals surface area contributed by atoms with Crippen LogP contribution in [-0.2, 0) is 11.3 Å². The van der Waals surface area contributed by atoms with Crippen LogP contribution in [0.3, 0.4) is 0 Å². The largest absolute Gasteiger partial charge is 0.473 e. The van der Waals surface area contributed by atoms with E-state index in [1.807, 2.05) is 13.8 Å². The van der Waals surface area contributed by atoms with Crippen molar-refractivity contribution in [1.82, 2.24) is 19.4 Å². The molecule has 0 bridgehead atoms. The lowest BCUT2D eigenvalue weighted by Crippen LogP contribution is -2.36. The molecule has 0 saturated carbocycles. The zero-order valence-corrected chi connectivity index (χ0v) is 21.9. The number of ketones is 1. The molecule has 0 amide bonds. The summed E-state index contributed by atoms with van der Waals surface area (Å²) in [6.07, 6.45) is 1.39. The Balaban J connectivity index is 1.71. The molecule has 9 nitrogen and oxygen atoms in total. The SMILES string of the molecule is CCC(CC)Oc1cc(C)c2nn(CC(=O)c3cc(N4CCOCC4)cc(S(F)(F)(F)(F)F)c3)c(=N)n2n1. The number of aromatic nitrogens is 4. The molecule has 1 N–H and O–H groups in total. The van der Waals surface area contributed by atoms with E-state index in [4.69, 9.17) is 14.9 Å². The molecule has 0 unspecified atom stereocenters. The molecule has 1 saturated heterocycles. The lowest BCUT2D eigenvalue weighted by atomic mass is 10.1. The quantitative estimate of drug-likeness (QED) is 0.281. The number of hydrogen-bond acceptors (Lipinski definition) is 7. The monoisotopic (exact) mass is 564 g/mol. The smallest absolute Gasteiger partial charge is 0.310 e. The van der Waals surface area contributed by atoms with E-state index in [2.05, 4.69) is 10.2 Å². The lowest BCUT2D eigenvalue weighted by Gasteiger charge is -2.41. The zero-order chi connectivity index (χ0) is 27.9. The summed E-state index contributed by atoms with van der Waals surface area (Å²) in [4.78, 5) is 12.4. The number of nitrogens with zero attached hydrogens (tertiary/aromatic N) is 5. The van der Waals surface area contributed by atoms with E-state index in [9.17, 15) is 24.2 Å². The van der Waals surface area contributed by atoms with Gasteiger partial charge in [-0.05, 0) is 38.0 Å². The van der Waals surface area contributed by atoms with Gasteiger partial charge in [-0.3, -0.25) is 10.2 Å². The second-order valence-corrected chi connectivity index (χ2v) is 11.6. The molecule has 0 aliphatic carbocycles. The van der Waals surface area contributed by atoms with E-state index in [0.717, 1.165) is 28.1 Å². The van der Waals surface area contributed by atoms with Gasteiger partial charge in [0.15, 0.2) is 11.4 Å². The first-order valence-electron chi connectivity index (χ1n) is 12.0. The number of hydrogen-bond donors (Lipinski definition) is 1. The van der Waals surface area contributed by atoms with Crippen molar-refractivity contribution in [1.29, 1.82) is 5.41 Å². The summed E-state index contributed by atoms with van der Waals surface area (Å²) < 4.78 is 82.0. The number of carbonyl (C=O) groups is 1. The van der Waals surface area contributed by atoms with Crippen molar-refractivity contribution in [3.05, 3.63) is 41.0 Å². The first kappa shape index (κ1) is 27.8. The normalized spacial score (nSPS) is 16.5. The van der Waals surface area contributed by atoms with Gasteiger partial charge in [0.05, 0.1) is 19.3 Å². The number of Topliss-reactive ketones (excluding diaryl/α,β-unsaturated/α-hetero) is 1. The van der Waals surface area contributed by atoms with E-state index >= 15 is 0 Å². The third kappa shape index (κ3) is 5.93. The number of anilines is 1. The van der Waals surface area contributed by atoms with Crippen molar-refractivity contribution < 1.29 is 33.7 Å². The molecular formula is C23H29F5N6O3S. The van der Waals surface area contributed by atoms with Crippen molar-refractivity contribution in [3.63, 3.8) is 0 Å². The lowest BCUT2D eigenvalue weighted by molar-refractivity contribution is 0.0965. The first-order chi connectivity index (χ1) is 17.6. The van der Waals surface area contributed by atoms with Gasteiger partial charge in [-0.15, -0.1) is 10.2 Å². The number of rotatable bonds is 9. The number of carbonyl (C=O) groups excluding carboxylic acids is 1. The molecule has 0 spiro atoms. The van der Waals surface area contributed by atoms with Crippen LogP contribution in [0.1, 0.15) is 42.6 Å². The Kier molecular flexibility index (Phi) is 6.75. The van der Waals surface area contributed by atoms with E-state index in [-0.39, 0.29) is 61.3 Å². The highest BCUT2D eigenvalue weighted by atomic mass is 32.5. The molecule has 3 heterocycles. The molecule has 15 heteroatoms. The molecule has 1 aliphatic heterocycles. The van der Waals surface area contributed by atoms with Crippen LogP contribution in [0.5, 0.6) is 5.88 Å². The Labute approximate surface area is 215 Å². The summed E-state index contributed by atoms with van der Waals surface area (Å²) in [5.74, 6) is -0.664. The second-order valence-electron chi connectivity index (χ2n) is 9.15. The van der Waals surface area contributed by atoms with Gasteiger partial charge in [-0.2, -0.15) is 4.52 Å². The standard InChI is InChI=1S/C23H29F5N6O3S/c1-4-18(5-2)37-21-10-15(3)22-31-33(23(29)34(22)30-21)14-20(35)16-11-17(32-6-8-36-9-7-32)13-19(12-16)38(24,25,26,27)28/h10-13,18,29H,4-9,14H2,1-3H3. The minimum atomic E-state index is -10.1. The predicted octanol–water partition coefficient (Wildman–Crippen LogP) is 5.26. The summed E-state index contributed by atoms with van der Waals surface area (Å²) in [6, 6.07) is 3.32. The number of nitrogens with one attached hydrogen (secondary N) is 1. The van der Waals surface area contributed by atoms with Crippen LogP contribution in [0.25, 0.3) is 5.65 Å². The topological polar surface area (TPSA) is 97.7 Å². The van der Waals surface area contributed by atoms with Crippen LogP contribution in [0.4, 0.5) is 25.1 Å². The Bertz CT molecular complexity index is 1430. The maximum absolute atomic E-state index is 13.8. The zero-order valence-electron chi connectivity index (χ0n) is 21.1. The summed E-state index contributed by atoms with van der Waals surface area (Å²) in [5, 5.41) is 16.9. The highest BCUT2D eigenvalue weighted by Crippen LogP contribution is 3.02. The molecule has 4 rings (SSSR count). The van der Waals surface area contributed by atoms with E-state index < -0.39 is 33.0 Å². The second kappa shape index (κ2) is 9.22. The predicted molar refractivity (Wildman–Crippen MR) is 132 cm³/mol. The van der Waals surface area contributed by atoms with Gasteiger partial charge in [0.1, 0.15) is 11.4 Å². The van der Waals surface area contributed by atoms with Gasteiger partial charge in [-0.1, -0.05) is 33.3 Å². The molecule has 2 aromatic heterocycles. The van der Waals surface area contributed by atoms with Crippen LogP contribution < -0.4 is 15.3 Å². The van der Waals surface area contributed by atoms with Crippen LogP contribution in [0.15, 0.2) is 29.2 Å². The Morgan fingerprint density at radius 1 is 1.08 bits per heavy atom. The minimum absolute atomic E-state index is 0.0899. The van der Waals surface area contributed by atoms with Crippen molar-refractivity contribution >= 4 is 27.3 Å². The summed E-state index contributed by atoms with van der Waals surface area (Å²) in [6.45, 7) is 5.75. The fraction of sp³-hybridized carbons (Fsp3) is 0.478. The van der Waals surface area contributed by atoms with Crippen LogP contribution >= 0.6 is 10.2 Å². The highest BCUT2D eigenvalue weighted by molar-refractivity contribution is 8.45. The van der Waals surface area contributed by atoms with Crippen LogP contribution in [0.2, 0.25) is 0 Å². The number of benzene rings is 1. The number of ether oxygens (including phenoxy) is 2. The molecule has 1 aliphatic rings. The van der Waals surface area contributed by atoms with Gasteiger partial charge in [0, 0.05) is 36.0 Å². The van der Waals surface area contributed by atoms with Crippen molar-refractivity contribution in [2.24, 2.45) is 0 Å². The van der Waals surface area contributed by atoms with E-state index in [1.165, 1.54) is 4.90 Å². The maximum Gasteiger partial charge on any atom is 0.310 e. The van der Waals surface area contributed by atoms with E-state index in [0.29, 0.717) is 11.6 Å². The van der Waals surface area contributed by atoms with Crippen LogP contribution in [-0.4, -0.2) is 57.6 Å². The van der Waals surface area contributed by atoms with Crippen LogP contribution in [0, 0.1) is 12.3 Å². The van der Waals surface area contributed by atoms with Gasteiger partial charge in [-0.25, -0.2) is 4.68 Å². The molecule has 38 heavy (non-hydrogen) atoms. The number of fused-ring (bicyclic) bond motifs is 1. The highest BCUT2D eigenvalue weighted by Gasteiger charge is 2.65. The fourth-order valence-corrected chi connectivity index (χ4v) is 4.82. The number of halogens is 5. The Morgan fingerprint density at radius 2 is 1.74 bits per heavy atom. The molecule has 3 aromatic rings. The first-order valence-corrected chi connectivity index (χ1v) is 14.0. The van der Waals surface area contributed by atoms with Gasteiger partial charge >= 0.3 is 10.2 Å².